The Morgan fingerprint density at radius 2 is 2.00 bits per heavy atom. The van der Waals surface area contributed by atoms with Gasteiger partial charge in [0.05, 0.1) is 18.4 Å². The van der Waals surface area contributed by atoms with Gasteiger partial charge in [0, 0.05) is 4.47 Å². The average Bonchev–Trinajstić information content (AvgIpc) is 2.67. The number of hydrogen-bond donors (Lipinski definition) is 2. The number of imidazole rings is 1. The molecule has 72 valence electrons. The Kier molecular flexibility index (Phi) is 2.65. The molecule has 0 aliphatic carbocycles. The van der Waals surface area contributed by atoms with Crippen molar-refractivity contribution in [2.24, 2.45) is 5.73 Å². The number of aromatic nitrogens is 2. The molecule has 0 saturated heterocycles. The Morgan fingerprint density at radius 1 is 1.29 bits per heavy atom. The molecule has 2 aromatic rings. The molecule has 0 atom stereocenters. The number of H-pyrrole nitrogens is 1. The maximum Gasteiger partial charge on any atom is 0.120 e. The third-order valence-corrected chi connectivity index (χ3v) is 2.51. The first-order chi connectivity index (χ1) is 6.79. The van der Waals surface area contributed by atoms with Gasteiger partial charge in [-0.25, -0.2) is 4.98 Å². The van der Waals surface area contributed by atoms with Gasteiger partial charge in [-0.1, -0.05) is 28.1 Å². The van der Waals surface area contributed by atoms with Crippen molar-refractivity contribution in [3.63, 3.8) is 0 Å². The molecule has 1 aromatic carbocycles. The lowest BCUT2D eigenvalue weighted by Crippen LogP contribution is -1.97. The van der Waals surface area contributed by atoms with E-state index in [4.69, 9.17) is 5.73 Å². The van der Waals surface area contributed by atoms with Crippen LogP contribution in [0.5, 0.6) is 0 Å². The highest BCUT2D eigenvalue weighted by atomic mass is 79.9. The third-order valence-electron chi connectivity index (χ3n) is 1.98. The highest BCUT2D eigenvalue weighted by Crippen LogP contribution is 2.19. The molecule has 0 aliphatic rings. The summed E-state index contributed by atoms with van der Waals surface area (Å²) in [4.78, 5) is 7.29. The van der Waals surface area contributed by atoms with Crippen LogP contribution in [0.4, 0.5) is 0 Å². The zero-order chi connectivity index (χ0) is 9.97. The SMILES string of the molecule is NCc1ncc(-c2ccc(Br)cc2)[nH]1. The molecule has 0 fully saturated rings. The van der Waals surface area contributed by atoms with Crippen LogP contribution in [0.3, 0.4) is 0 Å². The van der Waals surface area contributed by atoms with E-state index in [1.54, 1.807) is 6.20 Å². The van der Waals surface area contributed by atoms with E-state index in [1.807, 2.05) is 24.3 Å². The summed E-state index contributed by atoms with van der Waals surface area (Å²) in [5.74, 6) is 0.808. The van der Waals surface area contributed by atoms with Crippen LogP contribution in [0.1, 0.15) is 5.82 Å². The molecule has 14 heavy (non-hydrogen) atoms. The van der Waals surface area contributed by atoms with Gasteiger partial charge in [-0.2, -0.15) is 0 Å². The maximum atomic E-state index is 5.46. The van der Waals surface area contributed by atoms with E-state index < -0.39 is 0 Å². The highest BCUT2D eigenvalue weighted by molar-refractivity contribution is 9.10. The van der Waals surface area contributed by atoms with E-state index in [-0.39, 0.29) is 0 Å². The van der Waals surface area contributed by atoms with Gasteiger partial charge in [0.25, 0.3) is 0 Å². The fourth-order valence-electron chi connectivity index (χ4n) is 1.24. The molecule has 3 nitrogen and oxygen atoms in total. The van der Waals surface area contributed by atoms with Crippen molar-refractivity contribution in [2.45, 2.75) is 6.54 Å². The summed E-state index contributed by atoms with van der Waals surface area (Å²) in [5.41, 5.74) is 7.57. The zero-order valence-corrected chi connectivity index (χ0v) is 9.08. The van der Waals surface area contributed by atoms with Crippen molar-refractivity contribution in [1.29, 1.82) is 0 Å². The van der Waals surface area contributed by atoms with Gasteiger partial charge < -0.3 is 10.7 Å². The van der Waals surface area contributed by atoms with Crippen LogP contribution in [-0.4, -0.2) is 9.97 Å². The summed E-state index contributed by atoms with van der Waals surface area (Å²) in [5, 5.41) is 0. The van der Waals surface area contributed by atoms with Gasteiger partial charge in [-0.3, -0.25) is 0 Å². The van der Waals surface area contributed by atoms with E-state index in [0.29, 0.717) is 6.54 Å². The van der Waals surface area contributed by atoms with Crippen molar-refractivity contribution in [3.8, 4) is 11.3 Å². The summed E-state index contributed by atoms with van der Waals surface area (Å²) in [6.45, 7) is 0.441. The molecule has 0 bridgehead atoms. The summed E-state index contributed by atoms with van der Waals surface area (Å²) in [6.07, 6.45) is 1.80. The van der Waals surface area contributed by atoms with Gasteiger partial charge in [0.1, 0.15) is 5.82 Å². The van der Waals surface area contributed by atoms with E-state index in [1.165, 1.54) is 0 Å². The Hall–Kier alpha value is -1.13. The fraction of sp³-hybridized carbons (Fsp3) is 0.100. The number of hydrogen-bond acceptors (Lipinski definition) is 2. The first kappa shape index (κ1) is 9.43. The Labute approximate surface area is 90.5 Å². The lowest BCUT2D eigenvalue weighted by molar-refractivity contribution is 0.950. The quantitative estimate of drug-likeness (QED) is 0.861. The molecular weight excluding hydrogens is 242 g/mol. The second-order valence-electron chi connectivity index (χ2n) is 2.95. The Morgan fingerprint density at radius 3 is 2.57 bits per heavy atom. The maximum absolute atomic E-state index is 5.46. The van der Waals surface area contributed by atoms with E-state index >= 15 is 0 Å². The van der Waals surface area contributed by atoms with Crippen molar-refractivity contribution in [1.82, 2.24) is 9.97 Å². The predicted molar refractivity (Wildman–Crippen MR) is 59.6 cm³/mol. The van der Waals surface area contributed by atoms with Gasteiger partial charge >= 0.3 is 0 Å². The minimum absolute atomic E-state index is 0.441. The normalized spacial score (nSPS) is 10.4. The summed E-state index contributed by atoms with van der Waals surface area (Å²) >= 11 is 3.39. The molecular formula is C10H10BrN3. The molecule has 0 unspecified atom stereocenters. The van der Waals surface area contributed by atoms with Crippen LogP contribution in [0.25, 0.3) is 11.3 Å². The number of benzene rings is 1. The molecule has 4 heteroatoms. The number of halogens is 1. The van der Waals surface area contributed by atoms with E-state index in [2.05, 4.69) is 25.9 Å². The second kappa shape index (κ2) is 3.94. The van der Waals surface area contributed by atoms with Gasteiger partial charge in [0.15, 0.2) is 0 Å². The molecule has 3 N–H and O–H groups in total. The van der Waals surface area contributed by atoms with Crippen LogP contribution in [0.15, 0.2) is 34.9 Å². The standard InChI is InChI=1S/C10H10BrN3/c11-8-3-1-7(2-4-8)9-6-13-10(5-12)14-9/h1-4,6H,5,12H2,(H,13,14). The molecule has 1 aromatic heterocycles. The van der Waals surface area contributed by atoms with Crippen molar-refractivity contribution in [2.75, 3.05) is 0 Å². The predicted octanol–water partition coefficient (Wildman–Crippen LogP) is 2.30. The lowest BCUT2D eigenvalue weighted by atomic mass is 10.2. The number of nitrogens with zero attached hydrogens (tertiary/aromatic N) is 1. The van der Waals surface area contributed by atoms with Crippen LogP contribution in [0, 0.1) is 0 Å². The van der Waals surface area contributed by atoms with E-state index in [0.717, 1.165) is 21.6 Å². The third kappa shape index (κ3) is 1.86. The molecule has 2 rings (SSSR count). The summed E-state index contributed by atoms with van der Waals surface area (Å²) < 4.78 is 1.07. The van der Waals surface area contributed by atoms with Crippen molar-refractivity contribution >= 4 is 15.9 Å². The largest absolute Gasteiger partial charge is 0.341 e. The van der Waals surface area contributed by atoms with Gasteiger partial charge in [-0.15, -0.1) is 0 Å². The topological polar surface area (TPSA) is 54.7 Å². The number of nitrogens with one attached hydrogen (secondary N) is 1. The smallest absolute Gasteiger partial charge is 0.120 e. The number of aromatic amines is 1. The Balaban J connectivity index is 2.34. The fourth-order valence-corrected chi connectivity index (χ4v) is 1.51. The molecule has 0 amide bonds. The Bertz CT molecular complexity index is 419. The van der Waals surface area contributed by atoms with Crippen molar-refractivity contribution < 1.29 is 0 Å². The number of nitrogens with two attached hydrogens (primary N) is 1. The van der Waals surface area contributed by atoms with E-state index in [9.17, 15) is 0 Å². The van der Waals surface area contributed by atoms with Gasteiger partial charge in [0.2, 0.25) is 0 Å². The average molecular weight is 252 g/mol. The monoisotopic (exact) mass is 251 g/mol. The zero-order valence-electron chi connectivity index (χ0n) is 7.50. The van der Waals surface area contributed by atoms with Crippen LogP contribution in [-0.2, 0) is 6.54 Å². The summed E-state index contributed by atoms with van der Waals surface area (Å²) in [7, 11) is 0. The number of rotatable bonds is 2. The van der Waals surface area contributed by atoms with Crippen LogP contribution >= 0.6 is 15.9 Å². The van der Waals surface area contributed by atoms with Crippen LogP contribution in [0.2, 0.25) is 0 Å². The minimum atomic E-state index is 0.441. The molecule has 1 heterocycles. The first-order valence-electron chi connectivity index (χ1n) is 4.29. The molecule has 0 saturated carbocycles. The highest BCUT2D eigenvalue weighted by Gasteiger charge is 2.01. The van der Waals surface area contributed by atoms with Crippen molar-refractivity contribution in [3.05, 3.63) is 40.8 Å². The summed E-state index contributed by atoms with van der Waals surface area (Å²) in [6, 6.07) is 8.05. The molecule has 0 radical (unpaired) electrons. The van der Waals surface area contributed by atoms with Gasteiger partial charge in [-0.05, 0) is 17.7 Å². The molecule has 0 spiro atoms. The lowest BCUT2D eigenvalue weighted by Gasteiger charge is -1.96. The molecule has 0 aliphatic heterocycles. The second-order valence-corrected chi connectivity index (χ2v) is 3.87. The van der Waals surface area contributed by atoms with Crippen LogP contribution < -0.4 is 5.73 Å². The minimum Gasteiger partial charge on any atom is -0.341 e. The first-order valence-corrected chi connectivity index (χ1v) is 5.09.